The number of piperazine rings is 1. The van der Waals surface area contributed by atoms with E-state index < -0.39 is 23.2 Å². The molecule has 1 aliphatic rings. The first-order valence-corrected chi connectivity index (χ1v) is 18.2. The Morgan fingerprint density at radius 1 is 0.833 bits per heavy atom. The van der Waals surface area contributed by atoms with Crippen LogP contribution in [0.3, 0.4) is 0 Å². The Bertz CT molecular complexity index is 2250. The highest BCUT2D eigenvalue weighted by Gasteiger charge is 2.23. The number of hydrogen-bond acceptors (Lipinski definition) is 9. The number of imidazole rings is 1. The molecule has 0 saturated carbocycles. The van der Waals surface area contributed by atoms with E-state index >= 15 is 0 Å². The summed E-state index contributed by atoms with van der Waals surface area (Å²) in [5.74, 6) is -1.21. The summed E-state index contributed by atoms with van der Waals surface area (Å²) >= 11 is 0. The maximum Gasteiger partial charge on any atom is 0.259 e. The van der Waals surface area contributed by atoms with Gasteiger partial charge in [0.15, 0.2) is 0 Å². The second-order valence-corrected chi connectivity index (χ2v) is 12.8. The van der Waals surface area contributed by atoms with Crippen molar-refractivity contribution in [3.63, 3.8) is 0 Å². The summed E-state index contributed by atoms with van der Waals surface area (Å²) in [4.78, 5) is 32.8. The van der Waals surface area contributed by atoms with Gasteiger partial charge in [0, 0.05) is 55.9 Å². The predicted molar refractivity (Wildman–Crippen MR) is 207 cm³/mol. The van der Waals surface area contributed by atoms with Crippen LogP contribution in [0.1, 0.15) is 37.6 Å². The van der Waals surface area contributed by atoms with E-state index in [2.05, 4.69) is 44.5 Å². The van der Waals surface area contributed by atoms with Crippen LogP contribution in [-0.2, 0) is 0 Å². The number of aromatic nitrogens is 4. The molecule has 0 atom stereocenters. The van der Waals surface area contributed by atoms with Crippen molar-refractivity contribution in [1.82, 2.24) is 24.3 Å². The summed E-state index contributed by atoms with van der Waals surface area (Å²) in [5, 5.41) is 5.74. The SMILES string of the molecule is CCCN1CCN(c2ccc(Nc3nccc(-c4c(-c5ccc(OCC)c(C(=O)Nc6c(F)cccc6F)c5)nc5ccccn45)n3)c(OCC)c2)CC1. The fourth-order valence-corrected chi connectivity index (χ4v) is 6.68. The summed E-state index contributed by atoms with van der Waals surface area (Å²) < 4.78 is 42.8. The van der Waals surface area contributed by atoms with Crippen LogP contribution in [-0.4, -0.2) is 76.1 Å². The zero-order valence-corrected chi connectivity index (χ0v) is 30.5. The Labute approximate surface area is 312 Å². The van der Waals surface area contributed by atoms with Crippen molar-refractivity contribution in [2.45, 2.75) is 27.2 Å². The Kier molecular flexibility index (Phi) is 10.9. The number of pyridine rings is 1. The summed E-state index contributed by atoms with van der Waals surface area (Å²) in [7, 11) is 0. The van der Waals surface area contributed by atoms with Gasteiger partial charge in [0.1, 0.15) is 34.5 Å². The van der Waals surface area contributed by atoms with Gasteiger partial charge in [-0.05, 0) is 87.5 Å². The number of halogens is 2. The number of para-hydroxylation sites is 1. The van der Waals surface area contributed by atoms with Crippen LogP contribution < -0.4 is 25.0 Å². The van der Waals surface area contributed by atoms with Gasteiger partial charge in [-0.2, -0.15) is 0 Å². The van der Waals surface area contributed by atoms with Crippen molar-refractivity contribution >= 4 is 34.6 Å². The summed E-state index contributed by atoms with van der Waals surface area (Å²) in [6.45, 7) is 11.8. The van der Waals surface area contributed by atoms with Gasteiger partial charge in [0.25, 0.3) is 5.91 Å². The number of nitrogens with one attached hydrogen (secondary N) is 2. The Hall–Kier alpha value is -6.08. The number of ether oxygens (including phenoxy) is 2. The van der Waals surface area contributed by atoms with E-state index in [9.17, 15) is 13.6 Å². The highest BCUT2D eigenvalue weighted by Crippen LogP contribution is 2.36. The van der Waals surface area contributed by atoms with Crippen LogP contribution in [0.25, 0.3) is 28.3 Å². The van der Waals surface area contributed by atoms with Gasteiger partial charge in [-0.15, -0.1) is 0 Å². The van der Waals surface area contributed by atoms with Gasteiger partial charge in [-0.1, -0.05) is 19.1 Å². The van der Waals surface area contributed by atoms with Gasteiger partial charge in [-0.3, -0.25) is 14.1 Å². The normalized spacial score (nSPS) is 13.2. The molecule has 0 unspecified atom stereocenters. The molecule has 11 nitrogen and oxygen atoms in total. The molecular formula is C41H42F2N8O3. The first kappa shape index (κ1) is 36.3. The van der Waals surface area contributed by atoms with Crippen molar-refractivity contribution in [3.8, 4) is 34.1 Å². The lowest BCUT2D eigenvalue weighted by Crippen LogP contribution is -2.46. The summed E-state index contributed by atoms with van der Waals surface area (Å²) in [6.07, 6.45) is 4.70. The first-order chi connectivity index (χ1) is 26.4. The predicted octanol–water partition coefficient (Wildman–Crippen LogP) is 8.06. The lowest BCUT2D eigenvalue weighted by atomic mass is 10.0. The van der Waals surface area contributed by atoms with Crippen molar-refractivity contribution in [3.05, 3.63) is 108 Å². The molecule has 0 radical (unpaired) electrons. The molecule has 1 aliphatic heterocycles. The molecule has 7 rings (SSSR count). The highest BCUT2D eigenvalue weighted by molar-refractivity contribution is 6.07. The van der Waals surface area contributed by atoms with Crippen LogP contribution in [0.5, 0.6) is 11.5 Å². The van der Waals surface area contributed by atoms with E-state index in [0.717, 1.165) is 62.7 Å². The first-order valence-electron chi connectivity index (χ1n) is 18.2. The number of anilines is 4. The van der Waals surface area contributed by atoms with Crippen molar-refractivity contribution in [1.29, 1.82) is 0 Å². The average molecular weight is 733 g/mol. The zero-order chi connectivity index (χ0) is 37.6. The molecule has 1 amide bonds. The number of hydrogen-bond donors (Lipinski definition) is 2. The van der Waals surface area contributed by atoms with E-state index in [4.69, 9.17) is 19.4 Å². The molecule has 0 aliphatic carbocycles. The second-order valence-electron chi connectivity index (χ2n) is 12.8. The topological polar surface area (TPSA) is 109 Å². The minimum atomic E-state index is -0.890. The van der Waals surface area contributed by atoms with Crippen LogP contribution in [0.15, 0.2) is 91.3 Å². The maximum absolute atomic E-state index is 14.5. The van der Waals surface area contributed by atoms with Crippen molar-refractivity contribution in [2.75, 3.05) is 61.5 Å². The largest absolute Gasteiger partial charge is 0.493 e. The van der Waals surface area contributed by atoms with Crippen LogP contribution in [0.2, 0.25) is 0 Å². The number of carbonyl (C=O) groups is 1. The van der Waals surface area contributed by atoms with Gasteiger partial charge in [-0.25, -0.2) is 23.7 Å². The monoisotopic (exact) mass is 732 g/mol. The Morgan fingerprint density at radius 3 is 2.37 bits per heavy atom. The lowest BCUT2D eigenvalue weighted by molar-refractivity contribution is 0.102. The van der Waals surface area contributed by atoms with Crippen molar-refractivity contribution in [2.24, 2.45) is 0 Å². The third kappa shape index (κ3) is 7.67. The molecule has 3 aromatic carbocycles. The van der Waals surface area contributed by atoms with E-state index in [-0.39, 0.29) is 17.9 Å². The van der Waals surface area contributed by atoms with Gasteiger partial charge in [0.05, 0.1) is 41.5 Å². The number of amides is 1. The third-order valence-electron chi connectivity index (χ3n) is 9.22. The summed E-state index contributed by atoms with van der Waals surface area (Å²) in [5.41, 5.74) is 4.32. The third-order valence-corrected chi connectivity index (χ3v) is 9.22. The van der Waals surface area contributed by atoms with E-state index in [1.807, 2.05) is 41.8 Å². The second kappa shape index (κ2) is 16.3. The van der Waals surface area contributed by atoms with Crippen LogP contribution >= 0.6 is 0 Å². The number of rotatable bonds is 13. The number of benzene rings is 3. The fourth-order valence-electron chi connectivity index (χ4n) is 6.68. The molecule has 3 aromatic heterocycles. The van der Waals surface area contributed by atoms with Crippen molar-refractivity contribution < 1.29 is 23.0 Å². The van der Waals surface area contributed by atoms with E-state index in [1.54, 1.807) is 37.4 Å². The molecule has 6 aromatic rings. The number of carbonyl (C=O) groups excluding carboxylic acids is 1. The van der Waals surface area contributed by atoms with Gasteiger partial charge in [0.2, 0.25) is 5.95 Å². The number of nitrogens with zero attached hydrogens (tertiary/aromatic N) is 6. The molecular weight excluding hydrogens is 690 g/mol. The molecule has 0 bridgehead atoms. The molecule has 2 N–H and O–H groups in total. The summed E-state index contributed by atoms with van der Waals surface area (Å²) in [6, 6.07) is 22.0. The Morgan fingerprint density at radius 2 is 1.61 bits per heavy atom. The van der Waals surface area contributed by atoms with E-state index in [0.29, 0.717) is 46.6 Å². The van der Waals surface area contributed by atoms with Gasteiger partial charge >= 0.3 is 0 Å². The fraction of sp³-hybridized carbons (Fsp3) is 0.268. The standard InChI is InChI=1S/C41H42F2N8O3/c1-4-19-49-21-23-50(24-22-49)28-14-15-32(35(26-28)54-6-3)45-41-44-18-17-33(46-41)39-37(47-36-12-7-8-20-51(36)39)27-13-16-34(53-5-2)29(25-27)40(52)48-38-30(42)10-9-11-31(38)43/h7-18,20,25-26H,4-6,19,21-24H2,1-3H3,(H,48,52)(H,44,45,46). The molecule has 0 spiro atoms. The molecule has 1 saturated heterocycles. The Balaban J connectivity index is 1.22. The maximum atomic E-state index is 14.5. The zero-order valence-electron chi connectivity index (χ0n) is 30.5. The van der Waals surface area contributed by atoms with Crippen LogP contribution in [0, 0.1) is 11.6 Å². The average Bonchev–Trinajstić information content (AvgIpc) is 3.58. The van der Waals surface area contributed by atoms with Gasteiger partial charge < -0.3 is 25.0 Å². The smallest absolute Gasteiger partial charge is 0.259 e. The molecule has 1 fully saturated rings. The molecule has 278 valence electrons. The van der Waals surface area contributed by atoms with Crippen LogP contribution in [0.4, 0.5) is 31.8 Å². The minimum absolute atomic E-state index is 0.0831. The molecule has 13 heteroatoms. The minimum Gasteiger partial charge on any atom is -0.493 e. The molecule has 4 heterocycles. The number of fused-ring (bicyclic) bond motifs is 1. The molecule has 54 heavy (non-hydrogen) atoms. The highest BCUT2D eigenvalue weighted by atomic mass is 19.1. The lowest BCUT2D eigenvalue weighted by Gasteiger charge is -2.36. The van der Waals surface area contributed by atoms with E-state index in [1.165, 1.54) is 6.07 Å². The quantitative estimate of drug-likeness (QED) is 0.122.